The molecule has 3 aromatic rings. The van der Waals surface area contributed by atoms with Crippen LogP contribution in [0.25, 0.3) is 0 Å². The van der Waals surface area contributed by atoms with Gasteiger partial charge in [0.2, 0.25) is 0 Å². The third-order valence-corrected chi connectivity index (χ3v) is 6.11. The minimum Gasteiger partial charge on any atom is -0.360 e. The van der Waals surface area contributed by atoms with Crippen LogP contribution in [0.3, 0.4) is 0 Å². The molecule has 0 unspecified atom stereocenters. The molecule has 0 radical (unpaired) electrons. The number of anilines is 2. The van der Waals surface area contributed by atoms with Crippen LogP contribution in [0.2, 0.25) is 0 Å². The van der Waals surface area contributed by atoms with E-state index >= 15 is 0 Å². The van der Waals surface area contributed by atoms with E-state index in [1.807, 2.05) is 0 Å². The SMILES string of the molecule is Cc1cc(NS(=O)(=O)c2ccc(NS(=O)(=O)c3ccccc3)cc2)no1. The molecule has 10 heteroatoms. The first-order chi connectivity index (χ1) is 12.3. The number of benzene rings is 2. The number of hydrogen-bond acceptors (Lipinski definition) is 6. The van der Waals surface area contributed by atoms with Crippen LogP contribution in [0.4, 0.5) is 11.5 Å². The molecule has 0 atom stereocenters. The average Bonchev–Trinajstić information content (AvgIpc) is 3.00. The summed E-state index contributed by atoms with van der Waals surface area (Å²) in [6, 6.07) is 14.6. The molecular weight excluding hydrogens is 378 g/mol. The topological polar surface area (TPSA) is 118 Å². The lowest BCUT2D eigenvalue weighted by molar-refractivity contribution is 0.400. The number of rotatable bonds is 6. The highest BCUT2D eigenvalue weighted by molar-refractivity contribution is 7.93. The van der Waals surface area contributed by atoms with Crippen molar-refractivity contribution in [1.29, 1.82) is 0 Å². The minimum absolute atomic E-state index is 0.0409. The van der Waals surface area contributed by atoms with Gasteiger partial charge in [0.25, 0.3) is 20.0 Å². The zero-order chi connectivity index (χ0) is 18.8. The molecule has 3 rings (SSSR count). The van der Waals surface area contributed by atoms with Crippen molar-refractivity contribution in [2.24, 2.45) is 0 Å². The second-order valence-corrected chi connectivity index (χ2v) is 8.74. The van der Waals surface area contributed by atoms with Crippen LogP contribution in [-0.4, -0.2) is 22.0 Å². The van der Waals surface area contributed by atoms with E-state index in [4.69, 9.17) is 4.52 Å². The van der Waals surface area contributed by atoms with E-state index in [0.29, 0.717) is 5.76 Å². The smallest absolute Gasteiger partial charge is 0.263 e. The molecule has 0 saturated carbocycles. The van der Waals surface area contributed by atoms with Gasteiger partial charge in [0.05, 0.1) is 9.79 Å². The number of aryl methyl sites for hydroxylation is 1. The molecule has 0 aliphatic rings. The Kier molecular flexibility index (Phi) is 4.70. The predicted octanol–water partition coefficient (Wildman–Crippen LogP) is 2.58. The molecule has 26 heavy (non-hydrogen) atoms. The van der Waals surface area contributed by atoms with E-state index < -0.39 is 20.0 Å². The Balaban J connectivity index is 1.78. The Morgan fingerprint density at radius 1 is 0.808 bits per heavy atom. The number of aromatic nitrogens is 1. The van der Waals surface area contributed by atoms with Crippen LogP contribution in [0.15, 0.2) is 75.0 Å². The largest absolute Gasteiger partial charge is 0.360 e. The normalized spacial score (nSPS) is 11.9. The minimum atomic E-state index is -3.86. The third-order valence-electron chi connectivity index (χ3n) is 3.34. The van der Waals surface area contributed by atoms with Crippen molar-refractivity contribution >= 4 is 31.6 Å². The number of hydrogen-bond donors (Lipinski definition) is 2. The van der Waals surface area contributed by atoms with E-state index in [-0.39, 0.29) is 21.3 Å². The van der Waals surface area contributed by atoms with Crippen LogP contribution >= 0.6 is 0 Å². The molecule has 2 aromatic carbocycles. The highest BCUT2D eigenvalue weighted by Crippen LogP contribution is 2.20. The van der Waals surface area contributed by atoms with Crippen LogP contribution in [-0.2, 0) is 20.0 Å². The van der Waals surface area contributed by atoms with Crippen molar-refractivity contribution in [3.63, 3.8) is 0 Å². The Morgan fingerprint density at radius 3 is 1.96 bits per heavy atom. The van der Waals surface area contributed by atoms with Gasteiger partial charge in [0, 0.05) is 11.8 Å². The molecule has 0 aliphatic heterocycles. The lowest BCUT2D eigenvalue weighted by atomic mass is 10.3. The fourth-order valence-electron chi connectivity index (χ4n) is 2.13. The maximum atomic E-state index is 12.3. The van der Waals surface area contributed by atoms with Gasteiger partial charge >= 0.3 is 0 Å². The molecule has 0 spiro atoms. The molecular formula is C16H15N3O5S2. The molecule has 0 aliphatic carbocycles. The van der Waals surface area contributed by atoms with Crippen LogP contribution in [0.5, 0.6) is 0 Å². The van der Waals surface area contributed by atoms with Gasteiger partial charge in [-0.25, -0.2) is 16.8 Å². The lowest BCUT2D eigenvalue weighted by Gasteiger charge is -2.09. The van der Waals surface area contributed by atoms with Gasteiger partial charge in [-0.3, -0.25) is 9.44 Å². The summed E-state index contributed by atoms with van der Waals surface area (Å²) in [5.41, 5.74) is 0.241. The second-order valence-electron chi connectivity index (χ2n) is 5.37. The highest BCUT2D eigenvalue weighted by atomic mass is 32.2. The highest BCUT2D eigenvalue weighted by Gasteiger charge is 2.17. The van der Waals surface area contributed by atoms with Gasteiger partial charge in [0.15, 0.2) is 5.82 Å². The van der Waals surface area contributed by atoms with E-state index in [2.05, 4.69) is 14.6 Å². The molecule has 136 valence electrons. The fraction of sp³-hybridized carbons (Fsp3) is 0.0625. The van der Waals surface area contributed by atoms with Crippen LogP contribution in [0.1, 0.15) is 5.76 Å². The second kappa shape index (κ2) is 6.81. The first kappa shape index (κ1) is 18.0. The quantitative estimate of drug-likeness (QED) is 0.664. The first-order valence-corrected chi connectivity index (χ1v) is 10.4. The van der Waals surface area contributed by atoms with Crippen molar-refractivity contribution in [3.8, 4) is 0 Å². The van der Waals surface area contributed by atoms with Gasteiger partial charge in [-0.15, -0.1) is 0 Å². The maximum Gasteiger partial charge on any atom is 0.263 e. The van der Waals surface area contributed by atoms with Crippen molar-refractivity contribution in [2.75, 3.05) is 9.44 Å². The Hall–Kier alpha value is -2.85. The molecule has 1 aromatic heterocycles. The van der Waals surface area contributed by atoms with Crippen molar-refractivity contribution in [1.82, 2.24) is 5.16 Å². The Bertz CT molecular complexity index is 1110. The summed E-state index contributed by atoms with van der Waals surface area (Å²) < 4.78 is 58.6. The van der Waals surface area contributed by atoms with E-state index in [9.17, 15) is 16.8 Å². The summed E-state index contributed by atoms with van der Waals surface area (Å²) in [5, 5.41) is 3.57. The summed E-state index contributed by atoms with van der Waals surface area (Å²) in [6.07, 6.45) is 0. The molecule has 0 bridgehead atoms. The molecule has 0 saturated heterocycles. The van der Waals surface area contributed by atoms with Gasteiger partial charge < -0.3 is 4.52 Å². The number of nitrogens with one attached hydrogen (secondary N) is 2. The molecule has 2 N–H and O–H groups in total. The van der Waals surface area contributed by atoms with E-state index in [1.54, 1.807) is 25.1 Å². The van der Waals surface area contributed by atoms with Gasteiger partial charge in [-0.05, 0) is 43.3 Å². The number of nitrogens with zero attached hydrogens (tertiary/aromatic N) is 1. The van der Waals surface area contributed by atoms with E-state index in [1.165, 1.54) is 42.5 Å². The van der Waals surface area contributed by atoms with Crippen LogP contribution < -0.4 is 9.44 Å². The summed E-state index contributed by atoms with van der Waals surface area (Å²) >= 11 is 0. The average molecular weight is 393 g/mol. The summed E-state index contributed by atoms with van der Waals surface area (Å²) in [6.45, 7) is 1.64. The summed E-state index contributed by atoms with van der Waals surface area (Å²) in [7, 11) is -7.61. The van der Waals surface area contributed by atoms with Gasteiger partial charge in [-0.2, -0.15) is 0 Å². The fourth-order valence-corrected chi connectivity index (χ4v) is 4.19. The van der Waals surface area contributed by atoms with Gasteiger partial charge in [0.1, 0.15) is 5.76 Å². The molecule has 0 amide bonds. The van der Waals surface area contributed by atoms with Crippen molar-refractivity contribution in [2.45, 2.75) is 16.7 Å². The zero-order valence-corrected chi connectivity index (χ0v) is 15.2. The molecule has 0 fully saturated rings. The lowest BCUT2D eigenvalue weighted by Crippen LogP contribution is -2.14. The summed E-state index contributed by atoms with van der Waals surface area (Å²) in [5.74, 6) is 0.532. The Labute approximate surface area is 150 Å². The summed E-state index contributed by atoms with van der Waals surface area (Å²) in [4.78, 5) is 0.0700. The first-order valence-electron chi connectivity index (χ1n) is 7.40. The molecule has 1 heterocycles. The maximum absolute atomic E-state index is 12.3. The van der Waals surface area contributed by atoms with Crippen molar-refractivity contribution < 1.29 is 21.4 Å². The predicted molar refractivity (Wildman–Crippen MR) is 95.7 cm³/mol. The monoisotopic (exact) mass is 393 g/mol. The van der Waals surface area contributed by atoms with E-state index in [0.717, 1.165) is 0 Å². The van der Waals surface area contributed by atoms with Gasteiger partial charge in [-0.1, -0.05) is 23.4 Å². The standard InChI is InChI=1S/C16H15N3O5S2/c1-12-11-16(17-24-12)19-26(22,23)15-9-7-13(8-10-15)18-25(20,21)14-5-3-2-4-6-14/h2-11,18H,1H3,(H,17,19). The van der Waals surface area contributed by atoms with Crippen molar-refractivity contribution in [3.05, 3.63) is 66.4 Å². The number of sulfonamides is 2. The zero-order valence-electron chi connectivity index (χ0n) is 13.6. The van der Waals surface area contributed by atoms with Crippen LogP contribution in [0, 0.1) is 6.92 Å². The third kappa shape index (κ3) is 4.03. The Morgan fingerprint density at radius 2 is 1.38 bits per heavy atom. The molecule has 8 nitrogen and oxygen atoms in total.